The van der Waals surface area contributed by atoms with E-state index in [0.29, 0.717) is 10.9 Å². The quantitative estimate of drug-likeness (QED) is 0.646. The summed E-state index contributed by atoms with van der Waals surface area (Å²) >= 11 is 6.26. The van der Waals surface area contributed by atoms with Crippen molar-refractivity contribution in [2.45, 2.75) is 4.90 Å². The fraction of sp³-hybridized carbons (Fsp3) is 0.0625. The third kappa shape index (κ3) is 3.32. The molecule has 25 heavy (non-hydrogen) atoms. The summed E-state index contributed by atoms with van der Waals surface area (Å²) in [4.78, 5) is 15.4. The van der Waals surface area contributed by atoms with Gasteiger partial charge in [-0.1, -0.05) is 29.8 Å². The number of amides is 1. The molecule has 3 rings (SSSR count). The van der Waals surface area contributed by atoms with E-state index in [1.54, 1.807) is 12.1 Å². The number of nitrogens with one attached hydrogen (secondary N) is 2. The molecular weight excluding hydrogens is 366 g/mol. The minimum Gasteiger partial charge on any atom is -0.495 e. The predicted octanol–water partition coefficient (Wildman–Crippen LogP) is 2.73. The first-order valence-corrected chi connectivity index (χ1v) is 9.02. The Hall–Kier alpha value is -2.55. The second-order valence-corrected chi connectivity index (χ2v) is 7.16. The molecule has 4 N–H and O–H groups in total. The first-order valence-electron chi connectivity index (χ1n) is 7.09. The van der Waals surface area contributed by atoms with E-state index >= 15 is 0 Å². The Morgan fingerprint density at radius 1 is 1.24 bits per heavy atom. The van der Waals surface area contributed by atoms with Gasteiger partial charge in [-0.25, -0.2) is 13.6 Å². The zero-order valence-corrected chi connectivity index (χ0v) is 14.6. The van der Waals surface area contributed by atoms with E-state index in [-0.39, 0.29) is 27.0 Å². The topological polar surface area (TPSA) is 114 Å². The van der Waals surface area contributed by atoms with Crippen molar-refractivity contribution in [2.75, 3.05) is 12.4 Å². The van der Waals surface area contributed by atoms with Crippen LogP contribution >= 0.6 is 11.6 Å². The average molecular weight is 380 g/mol. The first kappa shape index (κ1) is 17.3. The van der Waals surface area contributed by atoms with Crippen LogP contribution in [-0.4, -0.2) is 26.4 Å². The third-order valence-electron chi connectivity index (χ3n) is 3.62. The fourth-order valence-electron chi connectivity index (χ4n) is 2.41. The van der Waals surface area contributed by atoms with Crippen LogP contribution in [0.15, 0.2) is 47.4 Å². The average Bonchev–Trinajstić information content (AvgIpc) is 2.91. The molecule has 130 valence electrons. The van der Waals surface area contributed by atoms with Crippen molar-refractivity contribution >= 4 is 44.1 Å². The van der Waals surface area contributed by atoms with Crippen molar-refractivity contribution in [2.24, 2.45) is 5.14 Å². The minimum atomic E-state index is -3.92. The number of rotatable bonds is 4. The molecule has 3 aromatic rings. The Balaban J connectivity index is 2.01. The van der Waals surface area contributed by atoms with Crippen molar-refractivity contribution < 1.29 is 17.9 Å². The molecule has 7 nitrogen and oxygen atoms in total. The molecule has 0 aliphatic rings. The lowest BCUT2D eigenvalue weighted by Crippen LogP contribution is -2.16. The van der Waals surface area contributed by atoms with Crippen molar-refractivity contribution in [3.05, 3.63) is 53.2 Å². The van der Waals surface area contributed by atoms with Crippen molar-refractivity contribution in [1.29, 1.82) is 0 Å². The summed E-state index contributed by atoms with van der Waals surface area (Å²) in [5.74, 6) is -0.251. The van der Waals surface area contributed by atoms with Gasteiger partial charge in [-0.05, 0) is 24.3 Å². The number of ether oxygens (including phenoxy) is 1. The van der Waals surface area contributed by atoms with Gasteiger partial charge in [-0.2, -0.15) is 0 Å². The Bertz CT molecular complexity index is 1080. The van der Waals surface area contributed by atoms with Gasteiger partial charge in [0.25, 0.3) is 5.91 Å². The summed E-state index contributed by atoms with van der Waals surface area (Å²) in [6, 6.07) is 11.1. The number of sulfonamides is 1. The van der Waals surface area contributed by atoms with Gasteiger partial charge in [0.1, 0.15) is 11.4 Å². The van der Waals surface area contributed by atoms with Crippen molar-refractivity contribution in [3.63, 3.8) is 0 Å². The summed E-state index contributed by atoms with van der Waals surface area (Å²) in [5, 5.41) is 8.70. The number of benzene rings is 2. The summed E-state index contributed by atoms with van der Waals surface area (Å²) < 4.78 is 28.2. The van der Waals surface area contributed by atoms with Crippen LogP contribution in [0.2, 0.25) is 5.02 Å². The molecule has 0 saturated carbocycles. The lowest BCUT2D eigenvalue weighted by Gasteiger charge is -2.11. The molecule has 2 aromatic carbocycles. The maximum absolute atomic E-state index is 12.6. The number of para-hydroxylation sites is 1. The van der Waals surface area contributed by atoms with Crippen LogP contribution in [0, 0.1) is 0 Å². The number of halogens is 1. The highest BCUT2D eigenvalue weighted by Crippen LogP contribution is 2.30. The number of hydrogen-bond acceptors (Lipinski definition) is 4. The Labute approximate surface area is 148 Å². The molecule has 0 saturated heterocycles. The molecule has 0 unspecified atom stereocenters. The van der Waals surface area contributed by atoms with Crippen LogP contribution in [0.3, 0.4) is 0 Å². The number of H-pyrrole nitrogens is 1. The highest BCUT2D eigenvalue weighted by molar-refractivity contribution is 7.89. The van der Waals surface area contributed by atoms with Crippen LogP contribution in [0.5, 0.6) is 5.75 Å². The summed E-state index contributed by atoms with van der Waals surface area (Å²) in [6.07, 6.45) is 0. The van der Waals surface area contributed by atoms with Gasteiger partial charge in [0.05, 0.1) is 22.7 Å². The second kappa shape index (κ2) is 6.40. The van der Waals surface area contributed by atoms with Gasteiger partial charge in [-0.15, -0.1) is 0 Å². The van der Waals surface area contributed by atoms with Crippen molar-refractivity contribution in [1.82, 2.24) is 4.98 Å². The Morgan fingerprint density at radius 3 is 2.60 bits per heavy atom. The Kier molecular flexibility index (Phi) is 4.42. The van der Waals surface area contributed by atoms with Crippen LogP contribution < -0.4 is 15.2 Å². The predicted molar refractivity (Wildman–Crippen MR) is 95.6 cm³/mol. The highest BCUT2D eigenvalue weighted by Gasteiger charge is 2.19. The number of aromatic amines is 1. The number of carbonyl (C=O) groups excluding carboxylic acids is 1. The van der Waals surface area contributed by atoms with Crippen LogP contribution in [0.1, 0.15) is 10.5 Å². The van der Waals surface area contributed by atoms with Gasteiger partial charge in [0.15, 0.2) is 0 Å². The molecule has 1 heterocycles. The standard InChI is InChI=1S/C16H14ClN3O4S/c1-24-13-7-6-9(25(18,22)23)8-12(13)20-16(21)15-14(17)10-4-2-3-5-11(10)19-15/h2-8,19H,1H3,(H,20,21)(H2,18,22,23). The van der Waals surface area contributed by atoms with E-state index in [2.05, 4.69) is 10.3 Å². The number of methoxy groups -OCH3 is 1. The number of fused-ring (bicyclic) bond motifs is 1. The molecule has 0 fully saturated rings. The number of aromatic nitrogens is 1. The lowest BCUT2D eigenvalue weighted by molar-refractivity contribution is 0.102. The number of primary sulfonamides is 1. The Morgan fingerprint density at radius 2 is 1.96 bits per heavy atom. The largest absolute Gasteiger partial charge is 0.495 e. The summed E-state index contributed by atoms with van der Waals surface area (Å²) in [7, 11) is -2.52. The van der Waals surface area contributed by atoms with Crippen molar-refractivity contribution in [3.8, 4) is 5.75 Å². The van der Waals surface area contributed by atoms with E-state index in [1.165, 1.54) is 25.3 Å². The molecule has 1 amide bonds. The van der Waals surface area contributed by atoms with Crippen LogP contribution in [0.25, 0.3) is 10.9 Å². The fourth-order valence-corrected chi connectivity index (χ4v) is 3.25. The first-order chi connectivity index (χ1) is 11.8. The van der Waals surface area contributed by atoms with Crippen LogP contribution in [0.4, 0.5) is 5.69 Å². The molecule has 0 aliphatic heterocycles. The molecule has 0 bridgehead atoms. The SMILES string of the molecule is COc1ccc(S(N)(=O)=O)cc1NC(=O)c1[nH]c2ccccc2c1Cl. The summed E-state index contributed by atoms with van der Waals surface area (Å²) in [6.45, 7) is 0. The molecule has 0 spiro atoms. The normalized spacial score (nSPS) is 11.5. The van der Waals surface area contributed by atoms with E-state index in [4.69, 9.17) is 21.5 Å². The molecule has 0 radical (unpaired) electrons. The number of anilines is 1. The van der Waals surface area contributed by atoms with E-state index in [1.807, 2.05) is 12.1 Å². The summed E-state index contributed by atoms with van der Waals surface area (Å²) in [5.41, 5.74) is 1.03. The smallest absolute Gasteiger partial charge is 0.273 e. The monoisotopic (exact) mass is 379 g/mol. The molecule has 0 aliphatic carbocycles. The van der Waals surface area contributed by atoms with Crippen LogP contribution in [-0.2, 0) is 10.0 Å². The van der Waals surface area contributed by atoms with Gasteiger partial charge < -0.3 is 15.0 Å². The molecule has 1 aromatic heterocycles. The van der Waals surface area contributed by atoms with Gasteiger partial charge >= 0.3 is 0 Å². The van der Waals surface area contributed by atoms with Gasteiger partial charge in [0.2, 0.25) is 10.0 Å². The second-order valence-electron chi connectivity index (χ2n) is 5.22. The van der Waals surface area contributed by atoms with E-state index in [9.17, 15) is 13.2 Å². The van der Waals surface area contributed by atoms with E-state index in [0.717, 1.165) is 0 Å². The third-order valence-corrected chi connectivity index (χ3v) is 4.92. The molecule has 0 atom stereocenters. The molecule has 9 heteroatoms. The number of nitrogens with two attached hydrogens (primary N) is 1. The van der Waals surface area contributed by atoms with Gasteiger partial charge in [0, 0.05) is 10.9 Å². The highest BCUT2D eigenvalue weighted by atomic mass is 35.5. The minimum absolute atomic E-state index is 0.147. The zero-order valence-electron chi connectivity index (χ0n) is 13.0. The van der Waals surface area contributed by atoms with Gasteiger partial charge in [-0.3, -0.25) is 4.79 Å². The lowest BCUT2D eigenvalue weighted by atomic mass is 10.2. The zero-order chi connectivity index (χ0) is 18.2. The number of hydrogen-bond donors (Lipinski definition) is 3. The van der Waals surface area contributed by atoms with E-state index < -0.39 is 15.9 Å². The number of carbonyl (C=O) groups is 1. The maximum Gasteiger partial charge on any atom is 0.273 e. The molecular formula is C16H14ClN3O4S. The maximum atomic E-state index is 12.6.